The number of aromatic carboxylic acids is 1. The van der Waals surface area contributed by atoms with Gasteiger partial charge in [0.25, 0.3) is 0 Å². The lowest BCUT2D eigenvalue weighted by molar-refractivity contribution is -0.133. The van der Waals surface area contributed by atoms with Gasteiger partial charge in [0.2, 0.25) is 5.91 Å². The minimum Gasteiger partial charge on any atom is -0.491 e. The fraction of sp³-hybridized carbons (Fsp3) is 0.390. The number of fused-ring (bicyclic) bond motifs is 2. The number of nitrogens with one attached hydrogen (secondary N) is 1. The van der Waals surface area contributed by atoms with Crippen molar-refractivity contribution in [2.24, 2.45) is 0 Å². The van der Waals surface area contributed by atoms with E-state index in [1.807, 2.05) is 41.0 Å². The normalized spacial score (nSPS) is 14.2. The monoisotopic (exact) mass is 810 g/mol. The predicted octanol–water partition coefficient (Wildman–Crippen LogP) is 6.78. The van der Waals surface area contributed by atoms with E-state index in [9.17, 15) is 23.9 Å². The summed E-state index contributed by atoms with van der Waals surface area (Å²) in [7, 11) is 0. The minimum absolute atomic E-state index is 0.00782. The van der Waals surface area contributed by atoms with Crippen LogP contribution in [0.25, 0.3) is 10.2 Å². The smallest absolute Gasteiger partial charge is 0.355 e. The number of piperazine rings is 1. The first-order valence-electron chi connectivity index (χ1n) is 19.0. The van der Waals surface area contributed by atoms with Crippen molar-refractivity contribution in [1.82, 2.24) is 30.0 Å². The molecule has 7 rings (SSSR count). The molecule has 2 aromatic carbocycles. The Balaban J connectivity index is 0.909. The molecule has 1 fully saturated rings. The summed E-state index contributed by atoms with van der Waals surface area (Å²) < 4.78 is 21.8. The summed E-state index contributed by atoms with van der Waals surface area (Å²) in [6.45, 7) is 7.52. The molecule has 0 saturated carbocycles. The van der Waals surface area contributed by atoms with E-state index < -0.39 is 11.8 Å². The van der Waals surface area contributed by atoms with Crippen LogP contribution in [0.5, 0.6) is 5.75 Å². The Bertz CT molecular complexity index is 2310. The Hall–Kier alpha value is -5.50. The topological polar surface area (TPSA) is 154 Å². The van der Waals surface area contributed by atoms with Gasteiger partial charge in [-0.1, -0.05) is 35.3 Å². The number of thiazole rings is 2. The Morgan fingerprint density at radius 2 is 1.82 bits per heavy atom. The number of Topliss-reactive ketones (excluding diaryl/α,β-unsaturated/α-hetero) is 1. The van der Waals surface area contributed by atoms with Crippen LogP contribution in [-0.2, 0) is 22.4 Å². The number of aromatic nitrogens is 4. The van der Waals surface area contributed by atoms with Gasteiger partial charge in [-0.15, -0.1) is 21.5 Å². The number of carbonyl (C=O) groups is 3. The van der Waals surface area contributed by atoms with Gasteiger partial charge < -0.3 is 29.8 Å². The molecule has 1 saturated heterocycles. The zero-order valence-corrected chi connectivity index (χ0v) is 33.5. The summed E-state index contributed by atoms with van der Waals surface area (Å²) in [4.78, 5) is 51.5. The number of anilines is 4. The maximum absolute atomic E-state index is 15.0. The molecule has 3 aromatic heterocycles. The van der Waals surface area contributed by atoms with Crippen LogP contribution in [0.3, 0.4) is 0 Å². The Kier molecular flexibility index (Phi) is 12.7. The molecule has 0 unspecified atom stereocenters. The number of rotatable bonds is 14. The highest BCUT2D eigenvalue weighted by molar-refractivity contribution is 7.22. The van der Waals surface area contributed by atoms with Gasteiger partial charge in [0.1, 0.15) is 5.78 Å². The van der Waals surface area contributed by atoms with Crippen molar-refractivity contribution in [3.8, 4) is 17.6 Å². The van der Waals surface area contributed by atoms with E-state index in [0.717, 1.165) is 39.3 Å². The van der Waals surface area contributed by atoms with Gasteiger partial charge in [-0.05, 0) is 76.3 Å². The predicted molar refractivity (Wildman–Crippen MR) is 219 cm³/mol. The minimum atomic E-state index is -1.11. The SMILES string of the molecule is CC(=O)CCCC(=O)N1CCN(CC#Cc2ccc(OCCCc3sc(N4CCCc5c4nnc(Nc4nc6ccccc6s4)c5C)nc3C(=O)O)c(F)c2)CC1. The third-order valence-electron chi connectivity index (χ3n) is 9.94. The van der Waals surface area contributed by atoms with Crippen molar-refractivity contribution in [2.45, 2.75) is 58.8 Å². The number of hydrogen-bond acceptors (Lipinski definition) is 13. The number of carboxylic acids is 1. The Labute approximate surface area is 337 Å². The summed E-state index contributed by atoms with van der Waals surface area (Å²) in [6.07, 6.45) is 3.90. The molecule has 5 aromatic rings. The van der Waals surface area contributed by atoms with E-state index in [2.05, 4.69) is 42.2 Å². The highest BCUT2D eigenvalue weighted by atomic mass is 32.1. The summed E-state index contributed by atoms with van der Waals surface area (Å²) in [5.41, 5.74) is 3.43. The number of para-hydroxylation sites is 1. The largest absolute Gasteiger partial charge is 0.491 e. The molecule has 13 nitrogen and oxygen atoms in total. The highest BCUT2D eigenvalue weighted by Gasteiger charge is 2.28. The average molecular weight is 811 g/mol. The summed E-state index contributed by atoms with van der Waals surface area (Å²) in [6, 6.07) is 12.6. The van der Waals surface area contributed by atoms with Gasteiger partial charge in [0.15, 0.2) is 39.2 Å². The van der Waals surface area contributed by atoms with Gasteiger partial charge in [-0.3, -0.25) is 9.69 Å². The number of ether oxygens (including phenoxy) is 1. The molecule has 57 heavy (non-hydrogen) atoms. The van der Waals surface area contributed by atoms with Crippen LogP contribution in [0.2, 0.25) is 0 Å². The number of halogens is 1. The molecule has 0 aliphatic carbocycles. The highest BCUT2D eigenvalue weighted by Crippen LogP contribution is 2.39. The standard InChI is InChI=1S/C41H43FN8O5S2/c1-26(51)9-5-15-35(52)49-22-20-48(21-23-49)18-6-10-28-16-17-32(30(42)25-28)55-24-8-14-34-36(39(53)54)44-41(57-34)50-19-7-11-29-27(2)37(46-47-38(29)50)45-40-43-31-12-3-4-13-33(31)56-40/h3-4,12-13,16-17,25H,5,7-9,11,14-15,18-24H2,1-2H3,(H,53,54)(H,43,45,46). The molecule has 16 heteroatoms. The molecule has 1 amide bonds. The Morgan fingerprint density at radius 3 is 2.60 bits per heavy atom. The number of aryl methyl sites for hydroxylation is 1. The van der Waals surface area contributed by atoms with Crippen molar-refractivity contribution in [3.63, 3.8) is 0 Å². The molecule has 2 N–H and O–H groups in total. The molecule has 296 valence electrons. The van der Waals surface area contributed by atoms with Crippen LogP contribution in [0.15, 0.2) is 42.5 Å². The zero-order chi connectivity index (χ0) is 39.9. The second kappa shape index (κ2) is 18.2. The van der Waals surface area contributed by atoms with E-state index in [4.69, 9.17) is 4.74 Å². The van der Waals surface area contributed by atoms with E-state index in [0.29, 0.717) is 98.6 Å². The van der Waals surface area contributed by atoms with E-state index in [1.54, 1.807) is 23.5 Å². The van der Waals surface area contributed by atoms with E-state index in [1.165, 1.54) is 24.3 Å². The van der Waals surface area contributed by atoms with Gasteiger partial charge in [-0.25, -0.2) is 19.2 Å². The van der Waals surface area contributed by atoms with Gasteiger partial charge in [-0.2, -0.15) is 0 Å². The fourth-order valence-electron chi connectivity index (χ4n) is 6.87. The van der Waals surface area contributed by atoms with Crippen molar-refractivity contribution in [3.05, 3.63) is 75.5 Å². The van der Waals surface area contributed by atoms with Crippen LogP contribution in [-0.4, -0.2) is 98.6 Å². The first-order chi connectivity index (χ1) is 27.6. The van der Waals surface area contributed by atoms with Crippen LogP contribution in [0.4, 0.5) is 26.3 Å². The van der Waals surface area contributed by atoms with Crippen molar-refractivity contribution in [1.29, 1.82) is 0 Å². The molecule has 0 atom stereocenters. The zero-order valence-electron chi connectivity index (χ0n) is 31.8. The van der Waals surface area contributed by atoms with Gasteiger partial charge in [0, 0.05) is 67.1 Å². The molecular formula is C41H43FN8O5S2. The summed E-state index contributed by atoms with van der Waals surface area (Å²) in [5, 5.41) is 23.7. The summed E-state index contributed by atoms with van der Waals surface area (Å²) >= 11 is 2.86. The van der Waals surface area contributed by atoms with Crippen molar-refractivity contribution >= 4 is 72.4 Å². The number of nitrogens with zero attached hydrogens (tertiary/aromatic N) is 7. The quantitative estimate of drug-likeness (QED) is 0.0898. The van der Waals surface area contributed by atoms with Crippen LogP contribution >= 0.6 is 22.7 Å². The van der Waals surface area contributed by atoms with E-state index >= 15 is 0 Å². The second-order valence-corrected chi connectivity index (χ2v) is 16.1. The molecule has 2 aliphatic rings. The third-order valence-corrected chi connectivity index (χ3v) is 12.0. The van der Waals surface area contributed by atoms with Crippen molar-refractivity contribution < 1.29 is 28.6 Å². The average Bonchev–Trinajstić information content (AvgIpc) is 3.82. The first-order valence-corrected chi connectivity index (χ1v) is 20.7. The number of ketones is 1. The number of benzene rings is 2. The number of carbonyl (C=O) groups excluding carboxylic acids is 2. The number of carboxylic acid groups (broad SMARTS) is 1. The molecule has 0 spiro atoms. The lowest BCUT2D eigenvalue weighted by Gasteiger charge is -2.33. The molecular weight excluding hydrogens is 768 g/mol. The van der Waals surface area contributed by atoms with Gasteiger partial charge in [0.05, 0.1) is 23.4 Å². The fourth-order valence-corrected chi connectivity index (χ4v) is 8.85. The van der Waals surface area contributed by atoms with E-state index in [-0.39, 0.29) is 29.7 Å². The molecule has 0 bridgehead atoms. The summed E-state index contributed by atoms with van der Waals surface area (Å²) in [5.74, 6) is 6.07. The third kappa shape index (κ3) is 9.73. The van der Waals surface area contributed by atoms with Crippen LogP contribution < -0.4 is 15.0 Å². The lowest BCUT2D eigenvalue weighted by atomic mass is 10.0. The Morgan fingerprint density at radius 1 is 1.00 bits per heavy atom. The first kappa shape index (κ1) is 39.7. The molecule has 2 aliphatic heterocycles. The number of hydrogen-bond donors (Lipinski definition) is 2. The van der Waals surface area contributed by atoms with Crippen LogP contribution in [0, 0.1) is 24.6 Å². The van der Waals surface area contributed by atoms with Gasteiger partial charge >= 0.3 is 5.97 Å². The molecule has 0 radical (unpaired) electrons. The van der Waals surface area contributed by atoms with Crippen LogP contribution in [0.1, 0.15) is 71.1 Å². The number of amides is 1. The maximum atomic E-state index is 15.0. The van der Waals surface area contributed by atoms with Crippen molar-refractivity contribution in [2.75, 3.05) is 56.1 Å². The maximum Gasteiger partial charge on any atom is 0.355 e. The second-order valence-electron chi connectivity index (χ2n) is 14.0. The lowest BCUT2D eigenvalue weighted by Crippen LogP contribution is -2.48. The molecule has 5 heterocycles.